The van der Waals surface area contributed by atoms with Gasteiger partial charge in [0.05, 0.1) is 6.20 Å². The molecular weight excluding hydrogens is 300 g/mol. The molecule has 0 fully saturated rings. The van der Waals surface area contributed by atoms with Crippen molar-refractivity contribution in [1.29, 1.82) is 0 Å². The summed E-state index contributed by atoms with van der Waals surface area (Å²) in [5.74, 6) is 0.217. The van der Waals surface area contributed by atoms with Crippen LogP contribution in [0.1, 0.15) is 28.8 Å². The number of aromatic nitrogens is 3. The van der Waals surface area contributed by atoms with Crippen molar-refractivity contribution in [2.24, 2.45) is 5.92 Å². The molecule has 1 aliphatic carbocycles. The number of aryl methyl sites for hydroxylation is 2. The van der Waals surface area contributed by atoms with Gasteiger partial charge >= 0.3 is 0 Å². The molecule has 1 aliphatic rings. The Labute approximate surface area is 140 Å². The fourth-order valence-electron chi connectivity index (χ4n) is 3.67. The van der Waals surface area contributed by atoms with Gasteiger partial charge in [-0.05, 0) is 42.9 Å². The molecule has 5 heteroatoms. The highest BCUT2D eigenvalue weighted by Gasteiger charge is 2.25. The molecule has 0 aliphatic heterocycles. The number of fused-ring (bicyclic) bond motifs is 2. The van der Waals surface area contributed by atoms with Crippen LogP contribution in [0.4, 0.5) is 0 Å². The Morgan fingerprint density at radius 2 is 2.33 bits per heavy atom. The maximum absolute atomic E-state index is 12.4. The standard InChI is InChI=1S/C19H22N4O/c1-12-3-2-4-16-14(10-21-18(12)16)7-8-20-19(24)13-5-6-15-11-22-23-17(15)9-13/h2-4,10-11,13,21H,5-9H2,1H3,(H,20,24)(H,22,23). The van der Waals surface area contributed by atoms with Gasteiger partial charge in [0, 0.05) is 41.7 Å². The van der Waals surface area contributed by atoms with E-state index in [0.717, 1.165) is 31.4 Å². The molecule has 4 rings (SSSR count). The fraction of sp³-hybridized carbons (Fsp3) is 0.368. The van der Waals surface area contributed by atoms with E-state index in [1.807, 2.05) is 6.20 Å². The molecular formula is C19H22N4O. The lowest BCUT2D eigenvalue weighted by Crippen LogP contribution is -2.35. The van der Waals surface area contributed by atoms with Crippen molar-refractivity contribution >= 4 is 16.8 Å². The number of nitrogens with one attached hydrogen (secondary N) is 3. The first kappa shape index (κ1) is 15.0. The van der Waals surface area contributed by atoms with Crippen LogP contribution in [0.2, 0.25) is 0 Å². The van der Waals surface area contributed by atoms with Gasteiger partial charge < -0.3 is 10.3 Å². The molecule has 24 heavy (non-hydrogen) atoms. The lowest BCUT2D eigenvalue weighted by atomic mass is 9.87. The third-order valence-corrected chi connectivity index (χ3v) is 5.09. The van der Waals surface area contributed by atoms with Crippen LogP contribution in [-0.2, 0) is 24.1 Å². The van der Waals surface area contributed by atoms with E-state index in [2.05, 4.69) is 51.8 Å². The number of H-pyrrole nitrogens is 2. The number of carbonyl (C=O) groups excluding carboxylic acids is 1. The molecule has 1 aromatic carbocycles. The predicted octanol–water partition coefficient (Wildman–Crippen LogP) is 2.66. The highest BCUT2D eigenvalue weighted by atomic mass is 16.1. The first-order chi connectivity index (χ1) is 11.7. The number of rotatable bonds is 4. The van der Waals surface area contributed by atoms with E-state index in [4.69, 9.17) is 0 Å². The van der Waals surface area contributed by atoms with Crippen LogP contribution in [0.15, 0.2) is 30.6 Å². The second-order valence-corrected chi connectivity index (χ2v) is 6.67. The van der Waals surface area contributed by atoms with Gasteiger partial charge in [0.15, 0.2) is 0 Å². The van der Waals surface area contributed by atoms with Crippen LogP contribution in [0.3, 0.4) is 0 Å². The van der Waals surface area contributed by atoms with E-state index in [-0.39, 0.29) is 11.8 Å². The summed E-state index contributed by atoms with van der Waals surface area (Å²) in [6, 6.07) is 6.33. The van der Waals surface area contributed by atoms with Crippen molar-refractivity contribution in [3.63, 3.8) is 0 Å². The molecule has 124 valence electrons. The Morgan fingerprint density at radius 3 is 3.25 bits per heavy atom. The predicted molar refractivity (Wildman–Crippen MR) is 93.9 cm³/mol. The molecule has 1 atom stereocenters. The topological polar surface area (TPSA) is 73.6 Å². The van der Waals surface area contributed by atoms with Crippen LogP contribution in [0, 0.1) is 12.8 Å². The second-order valence-electron chi connectivity index (χ2n) is 6.67. The lowest BCUT2D eigenvalue weighted by Gasteiger charge is -2.20. The molecule has 1 amide bonds. The summed E-state index contributed by atoms with van der Waals surface area (Å²) in [6.45, 7) is 2.78. The van der Waals surface area contributed by atoms with Gasteiger partial charge in [-0.3, -0.25) is 9.89 Å². The Bertz CT molecular complexity index is 877. The Balaban J connectivity index is 1.35. The molecule has 0 radical (unpaired) electrons. The Hall–Kier alpha value is -2.56. The molecule has 0 saturated heterocycles. The zero-order valence-electron chi connectivity index (χ0n) is 13.9. The van der Waals surface area contributed by atoms with Crippen LogP contribution >= 0.6 is 0 Å². The summed E-state index contributed by atoms with van der Waals surface area (Å²) in [6.07, 6.45) is 7.39. The van der Waals surface area contributed by atoms with Crippen LogP contribution < -0.4 is 5.32 Å². The smallest absolute Gasteiger partial charge is 0.223 e. The minimum Gasteiger partial charge on any atom is -0.361 e. The maximum Gasteiger partial charge on any atom is 0.223 e. The van der Waals surface area contributed by atoms with Crippen molar-refractivity contribution < 1.29 is 4.79 Å². The summed E-state index contributed by atoms with van der Waals surface area (Å²) in [5.41, 5.74) is 6.08. The molecule has 1 unspecified atom stereocenters. The molecule has 3 N–H and O–H groups in total. The zero-order chi connectivity index (χ0) is 16.5. The SMILES string of the molecule is Cc1cccc2c(CCNC(=O)C3CCc4cn[nH]c4C3)c[nH]c12. The highest BCUT2D eigenvalue weighted by Crippen LogP contribution is 2.24. The average molecular weight is 322 g/mol. The Kier molecular flexibility index (Phi) is 3.84. The monoisotopic (exact) mass is 322 g/mol. The summed E-state index contributed by atoms with van der Waals surface area (Å²) in [4.78, 5) is 15.8. The molecule has 0 saturated carbocycles. The number of amides is 1. The number of para-hydroxylation sites is 1. The molecule has 5 nitrogen and oxygen atoms in total. The minimum atomic E-state index is 0.0585. The van der Waals surface area contributed by atoms with Gasteiger partial charge in [-0.15, -0.1) is 0 Å². The lowest BCUT2D eigenvalue weighted by molar-refractivity contribution is -0.125. The number of hydrogen-bond acceptors (Lipinski definition) is 2. The summed E-state index contributed by atoms with van der Waals surface area (Å²) in [7, 11) is 0. The fourth-order valence-corrected chi connectivity index (χ4v) is 3.67. The minimum absolute atomic E-state index is 0.0585. The third-order valence-electron chi connectivity index (χ3n) is 5.09. The first-order valence-electron chi connectivity index (χ1n) is 8.57. The number of hydrogen-bond donors (Lipinski definition) is 3. The van der Waals surface area contributed by atoms with Crippen molar-refractivity contribution in [3.05, 3.63) is 53.0 Å². The van der Waals surface area contributed by atoms with Crippen molar-refractivity contribution in [1.82, 2.24) is 20.5 Å². The van der Waals surface area contributed by atoms with Gasteiger partial charge in [0.2, 0.25) is 5.91 Å². The van der Waals surface area contributed by atoms with Gasteiger partial charge in [0.25, 0.3) is 0 Å². The zero-order valence-corrected chi connectivity index (χ0v) is 13.9. The summed E-state index contributed by atoms with van der Waals surface area (Å²) in [5, 5.41) is 11.4. The van der Waals surface area contributed by atoms with E-state index >= 15 is 0 Å². The van der Waals surface area contributed by atoms with Crippen molar-refractivity contribution in [3.8, 4) is 0 Å². The van der Waals surface area contributed by atoms with Crippen LogP contribution in [0.25, 0.3) is 10.9 Å². The molecule has 2 aromatic heterocycles. The summed E-state index contributed by atoms with van der Waals surface area (Å²) < 4.78 is 0. The van der Waals surface area contributed by atoms with E-state index in [0.29, 0.717) is 6.54 Å². The van der Waals surface area contributed by atoms with E-state index in [1.165, 1.54) is 27.6 Å². The number of aromatic amines is 2. The molecule has 3 aromatic rings. The normalized spacial score (nSPS) is 17.0. The second kappa shape index (κ2) is 6.15. The third kappa shape index (κ3) is 2.70. The quantitative estimate of drug-likeness (QED) is 0.691. The Morgan fingerprint density at radius 1 is 1.42 bits per heavy atom. The highest BCUT2D eigenvalue weighted by molar-refractivity contribution is 5.86. The first-order valence-corrected chi connectivity index (χ1v) is 8.57. The molecule has 0 spiro atoms. The number of nitrogens with zero attached hydrogens (tertiary/aromatic N) is 1. The van der Waals surface area contributed by atoms with Gasteiger partial charge in [-0.2, -0.15) is 5.10 Å². The number of benzene rings is 1. The van der Waals surface area contributed by atoms with Crippen LogP contribution in [0.5, 0.6) is 0 Å². The van der Waals surface area contributed by atoms with E-state index in [1.54, 1.807) is 0 Å². The number of carbonyl (C=O) groups is 1. The van der Waals surface area contributed by atoms with Gasteiger partial charge in [-0.1, -0.05) is 18.2 Å². The van der Waals surface area contributed by atoms with Crippen molar-refractivity contribution in [2.75, 3.05) is 6.54 Å². The van der Waals surface area contributed by atoms with E-state index < -0.39 is 0 Å². The van der Waals surface area contributed by atoms with Crippen molar-refractivity contribution in [2.45, 2.75) is 32.6 Å². The van der Waals surface area contributed by atoms with Crippen LogP contribution in [-0.4, -0.2) is 27.6 Å². The molecule has 0 bridgehead atoms. The largest absolute Gasteiger partial charge is 0.361 e. The van der Waals surface area contributed by atoms with Gasteiger partial charge in [0.1, 0.15) is 0 Å². The maximum atomic E-state index is 12.4. The molecule has 2 heterocycles. The van der Waals surface area contributed by atoms with E-state index in [9.17, 15) is 4.79 Å². The van der Waals surface area contributed by atoms with Gasteiger partial charge in [-0.25, -0.2) is 0 Å². The summed E-state index contributed by atoms with van der Waals surface area (Å²) >= 11 is 0. The average Bonchev–Trinajstić information content (AvgIpc) is 3.21.